The van der Waals surface area contributed by atoms with Gasteiger partial charge in [-0.15, -0.1) is 0 Å². The van der Waals surface area contributed by atoms with Crippen LogP contribution in [0.15, 0.2) is 82.4 Å². The molecule has 0 bridgehead atoms. The maximum Gasteiger partial charge on any atom is 0.264 e. The summed E-state index contributed by atoms with van der Waals surface area (Å²) in [4.78, 5) is 40.2. The number of fused-ring (bicyclic) bond motifs is 10. The highest BCUT2D eigenvalue weighted by Crippen LogP contribution is 2.46. The summed E-state index contributed by atoms with van der Waals surface area (Å²) in [5.41, 5.74) is 3.79. The Labute approximate surface area is 407 Å². The van der Waals surface area contributed by atoms with Crippen molar-refractivity contribution < 1.29 is 18.9 Å². The summed E-state index contributed by atoms with van der Waals surface area (Å²) in [6.07, 6.45) is 17.6. The van der Waals surface area contributed by atoms with Crippen molar-refractivity contribution in [3.8, 4) is 23.0 Å². The molecule has 70 heavy (non-hydrogen) atoms. The van der Waals surface area contributed by atoms with Crippen LogP contribution in [0, 0.1) is 0 Å². The summed E-state index contributed by atoms with van der Waals surface area (Å²) in [5.74, 6) is 2.63. The van der Waals surface area contributed by atoms with Gasteiger partial charge < -0.3 is 18.9 Å². The van der Waals surface area contributed by atoms with Crippen molar-refractivity contribution in [3.63, 3.8) is 0 Å². The van der Waals surface area contributed by atoms with Crippen LogP contribution in [0.2, 0.25) is 0 Å². The molecule has 0 aliphatic rings. The normalized spacial score (nSPS) is 12.4. The van der Waals surface area contributed by atoms with E-state index in [9.17, 15) is 9.59 Å². The van der Waals surface area contributed by atoms with Gasteiger partial charge in [0.05, 0.1) is 48.5 Å². The number of aromatic nitrogens is 4. The Morgan fingerprint density at radius 3 is 0.971 bits per heavy atom. The summed E-state index contributed by atoms with van der Waals surface area (Å²) in [6, 6.07) is 24.5. The molecule has 0 unspecified atom stereocenters. The second-order valence-electron chi connectivity index (χ2n) is 19.5. The molecule has 11 rings (SSSR count). The number of pyridine rings is 2. The number of nitrogens with zero attached hydrogens (tertiary/aromatic N) is 4. The van der Waals surface area contributed by atoms with Crippen molar-refractivity contribution in [2.75, 3.05) is 26.4 Å². The predicted molar refractivity (Wildman–Crippen MR) is 289 cm³/mol. The Hall–Kier alpha value is -6.68. The molecule has 0 radical (unpaired) electrons. The zero-order valence-corrected chi connectivity index (χ0v) is 41.3. The van der Waals surface area contributed by atoms with Crippen LogP contribution < -0.4 is 30.1 Å². The lowest BCUT2D eigenvalue weighted by atomic mass is 9.86. The zero-order chi connectivity index (χ0) is 47.9. The van der Waals surface area contributed by atoms with Gasteiger partial charge in [-0.1, -0.05) is 129 Å². The van der Waals surface area contributed by atoms with E-state index in [0.29, 0.717) is 93.6 Å². The van der Waals surface area contributed by atoms with E-state index in [1.807, 2.05) is 36.4 Å². The molecular weight excluding hydrogens is 873 g/mol. The number of benzene rings is 7. The maximum absolute atomic E-state index is 14.9. The van der Waals surface area contributed by atoms with Crippen LogP contribution in [0.3, 0.4) is 0 Å². The van der Waals surface area contributed by atoms with Crippen molar-refractivity contribution in [1.82, 2.24) is 18.8 Å². The summed E-state index contributed by atoms with van der Waals surface area (Å²) in [5, 5.41) is 11.0. The van der Waals surface area contributed by atoms with E-state index in [0.717, 1.165) is 131 Å². The van der Waals surface area contributed by atoms with E-state index in [4.69, 9.17) is 28.9 Å². The summed E-state index contributed by atoms with van der Waals surface area (Å²) in [6.45, 7) is 11.2. The Kier molecular flexibility index (Phi) is 12.8. The highest BCUT2D eigenvalue weighted by molar-refractivity contribution is 6.40. The third kappa shape index (κ3) is 7.78. The molecule has 4 aromatic heterocycles. The van der Waals surface area contributed by atoms with Gasteiger partial charge >= 0.3 is 0 Å². The van der Waals surface area contributed by atoms with Crippen molar-refractivity contribution in [2.24, 2.45) is 0 Å². The number of hydrogen-bond acceptors (Lipinski definition) is 8. The Bertz CT molecular complexity index is 3530. The number of ether oxygens (including phenoxy) is 4. The first kappa shape index (κ1) is 45.7. The van der Waals surface area contributed by atoms with Crippen molar-refractivity contribution >= 4 is 98.0 Å². The quantitative estimate of drug-likeness (QED) is 0.0335. The van der Waals surface area contributed by atoms with Crippen LogP contribution >= 0.6 is 0 Å². The van der Waals surface area contributed by atoms with Gasteiger partial charge in [0.15, 0.2) is 23.0 Å². The fraction of sp³-hybridized carbons (Fsp3) is 0.400. The number of rotatable bonds is 24. The Morgan fingerprint density at radius 2 is 0.643 bits per heavy atom. The highest BCUT2D eigenvalue weighted by atomic mass is 16.5. The van der Waals surface area contributed by atoms with E-state index in [1.54, 1.807) is 8.80 Å². The van der Waals surface area contributed by atoms with Crippen LogP contribution in [0.1, 0.15) is 130 Å². The third-order valence-corrected chi connectivity index (χ3v) is 14.7. The van der Waals surface area contributed by atoms with Gasteiger partial charge in [-0.3, -0.25) is 18.4 Å². The van der Waals surface area contributed by atoms with Gasteiger partial charge in [-0.25, -0.2) is 9.97 Å². The van der Waals surface area contributed by atoms with Crippen LogP contribution in [-0.4, -0.2) is 45.2 Å². The molecule has 10 nitrogen and oxygen atoms in total. The number of imidazole rings is 2. The van der Waals surface area contributed by atoms with Crippen LogP contribution in [0.4, 0.5) is 0 Å². The first-order valence-corrected chi connectivity index (χ1v) is 26.4. The van der Waals surface area contributed by atoms with Gasteiger partial charge in [0.2, 0.25) is 0 Å². The highest BCUT2D eigenvalue weighted by Gasteiger charge is 2.25. The molecule has 0 N–H and O–H groups in total. The minimum atomic E-state index is -0.119. The number of unbranched alkanes of at least 4 members (excludes halogenated alkanes) is 12. The van der Waals surface area contributed by atoms with E-state index < -0.39 is 0 Å². The summed E-state index contributed by atoms with van der Waals surface area (Å²) in [7, 11) is 0. The minimum absolute atomic E-state index is 0.119. The first-order valence-electron chi connectivity index (χ1n) is 26.4. The van der Waals surface area contributed by atoms with Gasteiger partial charge in [-0.05, 0) is 82.3 Å². The molecule has 0 fully saturated rings. The largest absolute Gasteiger partial charge is 0.490 e. The number of hydrogen-bond donors (Lipinski definition) is 0. The van der Waals surface area contributed by atoms with E-state index in [1.165, 1.54) is 25.7 Å². The first-order chi connectivity index (χ1) is 34.4. The van der Waals surface area contributed by atoms with E-state index in [-0.39, 0.29) is 11.1 Å². The molecule has 360 valence electrons. The molecule has 11 aromatic rings. The molecule has 0 aliphatic carbocycles. The summed E-state index contributed by atoms with van der Waals surface area (Å²) >= 11 is 0. The molecule has 0 spiro atoms. The van der Waals surface area contributed by atoms with Crippen molar-refractivity contribution in [3.05, 3.63) is 93.5 Å². The fourth-order valence-electron chi connectivity index (χ4n) is 11.1. The zero-order valence-electron chi connectivity index (χ0n) is 41.3. The predicted octanol–water partition coefficient (Wildman–Crippen LogP) is 15.1. The fourth-order valence-corrected chi connectivity index (χ4v) is 11.1. The lowest BCUT2D eigenvalue weighted by Gasteiger charge is -2.18. The summed E-state index contributed by atoms with van der Waals surface area (Å²) < 4.78 is 29.1. The molecule has 0 saturated carbocycles. The molecular formula is C60H64N4O6. The average molecular weight is 937 g/mol. The van der Waals surface area contributed by atoms with Crippen LogP contribution in [-0.2, 0) is 0 Å². The molecule has 0 amide bonds. The standard InChI is InChI=1S/C60H64N4O6/c1-5-9-13-17-29-67-49-33-45-47(35-51(49)69-31-19-15-11-7-3)63-57(61-45)41-25-21-37-38-22-26-42-56-44(28-24-40(54(38)56)39-23-27-43(59(63)65)55(41)53(37)39)60(66)64-48-36-52(70-32-20-16-12-8-4)50(34-46(48)62-58(42)64)68-30-18-14-10-6-2/h21-28,33-36H,5-20,29-32H2,1-4H3. The third-order valence-electron chi connectivity index (χ3n) is 14.7. The second-order valence-corrected chi connectivity index (χ2v) is 19.5. The monoisotopic (exact) mass is 936 g/mol. The van der Waals surface area contributed by atoms with Crippen molar-refractivity contribution in [2.45, 2.75) is 130 Å². The van der Waals surface area contributed by atoms with E-state index in [2.05, 4.69) is 64.1 Å². The van der Waals surface area contributed by atoms with E-state index >= 15 is 0 Å². The van der Waals surface area contributed by atoms with Gasteiger partial charge in [0.1, 0.15) is 11.3 Å². The molecule has 0 saturated heterocycles. The average Bonchev–Trinajstić information content (AvgIpc) is 3.95. The van der Waals surface area contributed by atoms with Crippen molar-refractivity contribution in [1.29, 1.82) is 0 Å². The smallest absolute Gasteiger partial charge is 0.264 e. The van der Waals surface area contributed by atoms with Gasteiger partial charge in [-0.2, -0.15) is 0 Å². The molecule has 7 aromatic carbocycles. The SMILES string of the molecule is CCCCCCOc1cc2nc3c4ccc5c6ccc7c8c(ccc(c9ccc(c(=O)n3c2cc1OCCCCCC)c4c95)c68)c(=O)n1c2cc(OCCCCCC)c(OCCCCCC)cc2nc71. The lowest BCUT2D eigenvalue weighted by Crippen LogP contribution is -2.14. The topological polar surface area (TPSA) is 106 Å². The molecule has 0 atom stereocenters. The molecule has 0 aliphatic heterocycles. The lowest BCUT2D eigenvalue weighted by molar-refractivity contribution is 0.259. The maximum atomic E-state index is 14.9. The van der Waals surface area contributed by atoms with Gasteiger partial charge in [0, 0.05) is 56.6 Å². The molecule has 10 heteroatoms. The van der Waals surface area contributed by atoms with Crippen LogP contribution in [0.5, 0.6) is 23.0 Å². The molecule has 4 heterocycles. The minimum Gasteiger partial charge on any atom is -0.490 e. The Balaban J connectivity index is 1.06. The van der Waals surface area contributed by atoms with Crippen LogP contribution in [0.25, 0.3) is 98.0 Å². The second kappa shape index (κ2) is 19.6. The van der Waals surface area contributed by atoms with Gasteiger partial charge in [0.25, 0.3) is 11.1 Å². The Morgan fingerprint density at radius 1 is 0.357 bits per heavy atom.